The van der Waals surface area contributed by atoms with Crippen LogP contribution in [-0.4, -0.2) is 19.3 Å². The highest BCUT2D eigenvalue weighted by Gasteiger charge is 2.14. The SMILES string of the molecule is COC(C)C(C)Nc1cccc(F)c1C#N. The molecule has 2 atom stereocenters. The fourth-order valence-electron chi connectivity index (χ4n) is 1.32. The summed E-state index contributed by atoms with van der Waals surface area (Å²) in [6.07, 6.45) is -0.0187. The third-order valence-corrected chi connectivity index (χ3v) is 2.58. The van der Waals surface area contributed by atoms with E-state index in [1.165, 1.54) is 6.07 Å². The van der Waals surface area contributed by atoms with Crippen LogP contribution in [0.2, 0.25) is 0 Å². The molecule has 0 fully saturated rings. The molecule has 1 aromatic rings. The summed E-state index contributed by atoms with van der Waals surface area (Å²) in [4.78, 5) is 0. The number of benzene rings is 1. The molecular weight excluding hydrogens is 207 g/mol. The Labute approximate surface area is 94.8 Å². The molecule has 0 saturated heterocycles. The summed E-state index contributed by atoms with van der Waals surface area (Å²) in [5.74, 6) is -0.509. The molecule has 0 spiro atoms. The highest BCUT2D eigenvalue weighted by Crippen LogP contribution is 2.19. The zero-order valence-corrected chi connectivity index (χ0v) is 9.62. The van der Waals surface area contributed by atoms with Crippen LogP contribution in [0.1, 0.15) is 19.4 Å². The number of hydrogen-bond donors (Lipinski definition) is 1. The second kappa shape index (κ2) is 5.47. The van der Waals surface area contributed by atoms with Gasteiger partial charge in [-0.2, -0.15) is 5.26 Å². The maximum Gasteiger partial charge on any atom is 0.143 e. The smallest absolute Gasteiger partial charge is 0.143 e. The molecule has 16 heavy (non-hydrogen) atoms. The predicted molar refractivity (Wildman–Crippen MR) is 60.7 cm³/mol. The van der Waals surface area contributed by atoms with E-state index in [9.17, 15) is 4.39 Å². The Bertz CT molecular complexity index is 400. The highest BCUT2D eigenvalue weighted by atomic mass is 19.1. The Balaban J connectivity index is 2.90. The lowest BCUT2D eigenvalue weighted by Gasteiger charge is -2.21. The van der Waals surface area contributed by atoms with Gasteiger partial charge in [-0.15, -0.1) is 0 Å². The van der Waals surface area contributed by atoms with Crippen molar-refractivity contribution in [1.29, 1.82) is 5.26 Å². The van der Waals surface area contributed by atoms with Gasteiger partial charge in [-0.25, -0.2) is 4.39 Å². The molecule has 2 unspecified atom stereocenters. The van der Waals surface area contributed by atoms with E-state index in [1.54, 1.807) is 19.2 Å². The summed E-state index contributed by atoms with van der Waals surface area (Å²) in [6.45, 7) is 3.82. The zero-order valence-electron chi connectivity index (χ0n) is 9.62. The fraction of sp³-hybridized carbons (Fsp3) is 0.417. The lowest BCUT2D eigenvalue weighted by Crippen LogP contribution is -2.30. The van der Waals surface area contributed by atoms with Gasteiger partial charge in [-0.3, -0.25) is 0 Å². The van der Waals surface area contributed by atoms with Crippen molar-refractivity contribution >= 4 is 5.69 Å². The Kier molecular flexibility index (Phi) is 4.27. The van der Waals surface area contributed by atoms with E-state index in [1.807, 2.05) is 19.9 Å². The first-order chi connectivity index (χ1) is 7.60. The first-order valence-corrected chi connectivity index (χ1v) is 5.08. The van der Waals surface area contributed by atoms with Crippen LogP contribution in [0, 0.1) is 17.1 Å². The standard InChI is InChI=1S/C12H15FN2O/c1-8(9(2)16-3)15-12-6-4-5-11(13)10(12)7-14/h4-6,8-9,15H,1-3H3. The van der Waals surface area contributed by atoms with Gasteiger partial charge in [0.25, 0.3) is 0 Å². The van der Waals surface area contributed by atoms with Crippen LogP contribution in [0.5, 0.6) is 0 Å². The summed E-state index contributed by atoms with van der Waals surface area (Å²) in [5, 5.41) is 11.9. The Morgan fingerprint density at radius 1 is 1.44 bits per heavy atom. The molecule has 3 nitrogen and oxygen atoms in total. The number of hydrogen-bond acceptors (Lipinski definition) is 3. The van der Waals surface area contributed by atoms with E-state index in [4.69, 9.17) is 10.00 Å². The van der Waals surface area contributed by atoms with E-state index in [0.717, 1.165) is 0 Å². The topological polar surface area (TPSA) is 45.0 Å². The van der Waals surface area contributed by atoms with E-state index < -0.39 is 5.82 Å². The summed E-state index contributed by atoms with van der Waals surface area (Å²) in [5.41, 5.74) is 0.538. The third kappa shape index (κ3) is 2.71. The molecule has 0 radical (unpaired) electrons. The molecule has 0 aromatic heterocycles. The van der Waals surface area contributed by atoms with Crippen LogP contribution >= 0.6 is 0 Å². The monoisotopic (exact) mass is 222 g/mol. The zero-order chi connectivity index (χ0) is 12.1. The number of anilines is 1. The average molecular weight is 222 g/mol. The molecule has 0 amide bonds. The Morgan fingerprint density at radius 2 is 2.12 bits per heavy atom. The molecule has 86 valence electrons. The van der Waals surface area contributed by atoms with E-state index in [-0.39, 0.29) is 17.7 Å². The molecule has 0 bridgehead atoms. The van der Waals surface area contributed by atoms with Gasteiger partial charge in [0.2, 0.25) is 0 Å². The van der Waals surface area contributed by atoms with Crippen molar-refractivity contribution in [2.45, 2.75) is 26.0 Å². The number of methoxy groups -OCH3 is 1. The lowest BCUT2D eigenvalue weighted by molar-refractivity contribution is 0.106. The largest absolute Gasteiger partial charge is 0.380 e. The number of nitrogens with one attached hydrogen (secondary N) is 1. The minimum atomic E-state index is -0.509. The van der Waals surface area contributed by atoms with Gasteiger partial charge >= 0.3 is 0 Å². The summed E-state index contributed by atoms with van der Waals surface area (Å²) >= 11 is 0. The first-order valence-electron chi connectivity index (χ1n) is 5.08. The van der Waals surface area contributed by atoms with Crippen LogP contribution in [0.3, 0.4) is 0 Å². The number of halogens is 1. The maximum absolute atomic E-state index is 13.3. The third-order valence-electron chi connectivity index (χ3n) is 2.58. The van der Waals surface area contributed by atoms with Crippen molar-refractivity contribution in [2.75, 3.05) is 12.4 Å². The number of nitriles is 1. The highest BCUT2D eigenvalue weighted by molar-refractivity contribution is 5.58. The Hall–Kier alpha value is -1.60. The number of ether oxygens (including phenoxy) is 1. The number of rotatable bonds is 4. The molecule has 0 heterocycles. The lowest BCUT2D eigenvalue weighted by atomic mass is 10.1. The minimum Gasteiger partial charge on any atom is -0.380 e. The molecule has 1 aromatic carbocycles. The quantitative estimate of drug-likeness (QED) is 0.851. The van der Waals surface area contributed by atoms with Crippen molar-refractivity contribution in [1.82, 2.24) is 0 Å². The second-order valence-electron chi connectivity index (χ2n) is 3.65. The van der Waals surface area contributed by atoms with Crippen LogP contribution in [0.4, 0.5) is 10.1 Å². The molecule has 0 aliphatic heterocycles. The number of nitrogens with zero attached hydrogens (tertiary/aromatic N) is 1. The van der Waals surface area contributed by atoms with E-state index in [0.29, 0.717) is 5.69 Å². The summed E-state index contributed by atoms with van der Waals surface area (Å²) in [6, 6.07) is 6.37. The fourth-order valence-corrected chi connectivity index (χ4v) is 1.32. The van der Waals surface area contributed by atoms with Crippen LogP contribution < -0.4 is 5.32 Å². The molecule has 1 N–H and O–H groups in total. The average Bonchev–Trinajstić information content (AvgIpc) is 2.28. The molecule has 0 aliphatic rings. The van der Waals surface area contributed by atoms with Crippen LogP contribution in [0.25, 0.3) is 0 Å². The van der Waals surface area contributed by atoms with Gasteiger partial charge in [-0.05, 0) is 26.0 Å². The van der Waals surface area contributed by atoms with Crippen molar-refractivity contribution in [2.24, 2.45) is 0 Å². The van der Waals surface area contributed by atoms with Crippen molar-refractivity contribution < 1.29 is 9.13 Å². The molecule has 1 rings (SSSR count). The van der Waals surface area contributed by atoms with Gasteiger partial charge in [-0.1, -0.05) is 6.07 Å². The minimum absolute atomic E-state index is 0.00102. The predicted octanol–water partition coefficient (Wildman–Crippen LogP) is 2.53. The van der Waals surface area contributed by atoms with Crippen molar-refractivity contribution in [3.8, 4) is 6.07 Å². The second-order valence-corrected chi connectivity index (χ2v) is 3.65. The first kappa shape index (κ1) is 12.5. The van der Waals surface area contributed by atoms with E-state index in [2.05, 4.69) is 5.32 Å². The maximum atomic E-state index is 13.3. The normalized spacial score (nSPS) is 13.9. The molecular formula is C12H15FN2O. The van der Waals surface area contributed by atoms with Gasteiger partial charge in [0.05, 0.1) is 11.8 Å². The van der Waals surface area contributed by atoms with Gasteiger partial charge in [0, 0.05) is 13.2 Å². The van der Waals surface area contributed by atoms with Gasteiger partial charge in [0.1, 0.15) is 17.4 Å². The molecule has 0 aliphatic carbocycles. The molecule has 4 heteroatoms. The van der Waals surface area contributed by atoms with Gasteiger partial charge < -0.3 is 10.1 Å². The summed E-state index contributed by atoms with van der Waals surface area (Å²) in [7, 11) is 1.61. The summed E-state index contributed by atoms with van der Waals surface area (Å²) < 4.78 is 18.4. The van der Waals surface area contributed by atoms with Gasteiger partial charge in [0.15, 0.2) is 0 Å². The van der Waals surface area contributed by atoms with Crippen LogP contribution in [-0.2, 0) is 4.74 Å². The van der Waals surface area contributed by atoms with Crippen LogP contribution in [0.15, 0.2) is 18.2 Å². The van der Waals surface area contributed by atoms with E-state index >= 15 is 0 Å². The Morgan fingerprint density at radius 3 is 2.69 bits per heavy atom. The molecule has 0 saturated carbocycles. The van der Waals surface area contributed by atoms with Crippen molar-refractivity contribution in [3.05, 3.63) is 29.6 Å². The van der Waals surface area contributed by atoms with Crippen molar-refractivity contribution in [3.63, 3.8) is 0 Å².